The molecule has 0 amide bonds. The summed E-state index contributed by atoms with van der Waals surface area (Å²) in [5, 5.41) is -0.401. The first-order chi connectivity index (χ1) is 7.18. The molecule has 0 unspecified atom stereocenters. The average Bonchev–Trinajstić information content (AvgIpc) is 2.13. The average molecular weight is 307 g/mol. The Hall–Kier alpha value is -0.370. The van der Waals surface area contributed by atoms with Gasteiger partial charge in [-0.15, -0.1) is 0 Å². The van der Waals surface area contributed by atoms with Gasteiger partial charge in [-0.2, -0.15) is 9.97 Å². The maximum Gasteiger partial charge on any atom is 0.320 e. The van der Waals surface area contributed by atoms with Gasteiger partial charge in [0, 0.05) is 6.26 Å². The lowest BCUT2D eigenvalue weighted by Crippen LogP contribution is -2.17. The first-order valence-electron chi connectivity index (χ1n) is 3.77. The number of halogens is 3. The predicted octanol–water partition coefficient (Wildman–Crippen LogP) is 1.02. The van der Waals surface area contributed by atoms with E-state index in [2.05, 4.69) is 15.0 Å². The molecule has 0 aromatic carbocycles. The van der Waals surface area contributed by atoms with Crippen LogP contribution in [0.25, 0.3) is 0 Å². The van der Waals surface area contributed by atoms with Crippen LogP contribution >= 0.6 is 34.8 Å². The molecule has 0 saturated carbocycles. The van der Waals surface area contributed by atoms with Gasteiger partial charge in [-0.3, -0.25) is 0 Å². The third-order valence-electron chi connectivity index (χ3n) is 1.22. The van der Waals surface area contributed by atoms with E-state index in [1.165, 1.54) is 0 Å². The molecular weight excluding hydrogens is 301 g/mol. The summed E-state index contributed by atoms with van der Waals surface area (Å²) < 4.78 is 25.5. The van der Waals surface area contributed by atoms with Gasteiger partial charge in [-0.1, -0.05) is 34.8 Å². The number of aromatic nitrogens is 3. The smallest absolute Gasteiger partial charge is 0.320 e. The van der Waals surface area contributed by atoms with Crippen molar-refractivity contribution in [3.05, 3.63) is 6.33 Å². The first-order valence-corrected chi connectivity index (χ1v) is 6.80. The Morgan fingerprint density at radius 2 is 2.00 bits per heavy atom. The van der Waals surface area contributed by atoms with Crippen molar-refractivity contribution in [2.24, 2.45) is 0 Å². The quantitative estimate of drug-likeness (QED) is 0.776. The molecule has 0 saturated heterocycles. The van der Waals surface area contributed by atoms with Gasteiger partial charge >= 0.3 is 6.01 Å². The second kappa shape index (κ2) is 4.87. The van der Waals surface area contributed by atoms with Crippen molar-refractivity contribution in [2.45, 2.75) is 8.95 Å². The van der Waals surface area contributed by atoms with Gasteiger partial charge in [0.15, 0.2) is 0 Å². The lowest BCUT2D eigenvalue weighted by Gasteiger charge is -2.10. The zero-order valence-electron chi connectivity index (χ0n) is 7.89. The van der Waals surface area contributed by atoms with E-state index in [1.54, 1.807) is 0 Å². The Balaban J connectivity index is 2.84. The van der Waals surface area contributed by atoms with Crippen molar-refractivity contribution in [1.82, 2.24) is 15.0 Å². The fourth-order valence-electron chi connectivity index (χ4n) is 0.662. The predicted molar refractivity (Wildman–Crippen MR) is 58.7 cm³/mol. The van der Waals surface area contributed by atoms with Crippen molar-refractivity contribution in [1.29, 1.82) is 0 Å². The zero-order chi connectivity index (χ0) is 12.4. The van der Waals surface area contributed by atoms with Gasteiger partial charge in [0.2, 0.25) is 13.6 Å². The summed E-state index contributed by atoms with van der Waals surface area (Å²) in [5.41, 5.74) is 0. The Morgan fingerprint density at radius 3 is 2.50 bits per heavy atom. The first kappa shape index (κ1) is 13.7. The molecule has 0 radical (unpaired) electrons. The molecule has 0 aliphatic carbocycles. The van der Waals surface area contributed by atoms with Crippen LogP contribution in [0.15, 0.2) is 11.5 Å². The molecule has 6 nitrogen and oxygen atoms in total. The van der Waals surface area contributed by atoms with Crippen LogP contribution in [0.3, 0.4) is 0 Å². The van der Waals surface area contributed by atoms with Gasteiger partial charge in [0.1, 0.15) is 12.9 Å². The van der Waals surface area contributed by atoms with Crippen molar-refractivity contribution in [3.63, 3.8) is 0 Å². The fourth-order valence-corrected chi connectivity index (χ4v) is 1.31. The Morgan fingerprint density at radius 1 is 1.38 bits per heavy atom. The molecule has 16 heavy (non-hydrogen) atoms. The highest BCUT2D eigenvalue weighted by molar-refractivity contribution is 7.90. The SMILES string of the molecule is CS(=O)(=O)c1ncnc(OCC(Cl)(Cl)Cl)n1. The van der Waals surface area contributed by atoms with Crippen molar-refractivity contribution in [2.75, 3.05) is 12.9 Å². The molecule has 0 atom stereocenters. The molecule has 0 N–H and O–H groups in total. The minimum absolute atomic E-state index is 0.221. The molecule has 90 valence electrons. The number of nitrogens with zero attached hydrogens (tertiary/aromatic N) is 3. The number of ether oxygens (including phenoxy) is 1. The highest BCUT2D eigenvalue weighted by Gasteiger charge is 2.22. The number of sulfone groups is 1. The molecule has 1 rings (SSSR count). The van der Waals surface area contributed by atoms with Crippen LogP contribution < -0.4 is 4.74 Å². The molecule has 10 heteroatoms. The molecule has 1 heterocycles. The minimum atomic E-state index is -3.52. The number of alkyl halides is 3. The Kier molecular flexibility index (Phi) is 4.17. The van der Waals surface area contributed by atoms with Crippen LogP contribution in [-0.2, 0) is 9.84 Å². The van der Waals surface area contributed by atoms with E-state index in [1.807, 2.05) is 0 Å². The lowest BCUT2D eigenvalue weighted by molar-refractivity contribution is 0.294. The number of rotatable bonds is 3. The zero-order valence-corrected chi connectivity index (χ0v) is 11.0. The summed E-state index contributed by atoms with van der Waals surface area (Å²) in [6.07, 6.45) is 1.96. The van der Waals surface area contributed by atoms with Gasteiger partial charge in [-0.25, -0.2) is 13.4 Å². The summed E-state index contributed by atoms with van der Waals surface area (Å²) in [6, 6.07) is -0.221. The third-order valence-corrected chi connectivity index (χ3v) is 2.41. The summed E-state index contributed by atoms with van der Waals surface area (Å²) >= 11 is 16.3. The van der Waals surface area contributed by atoms with Gasteiger partial charge in [-0.05, 0) is 0 Å². The molecule has 1 aromatic heterocycles. The van der Waals surface area contributed by atoms with Crippen LogP contribution in [-0.4, -0.2) is 40.0 Å². The highest BCUT2D eigenvalue weighted by Crippen LogP contribution is 2.26. The molecular formula is C6H6Cl3N3O3S. The second-order valence-corrected chi connectivity index (χ2v) is 7.15. The third kappa shape index (κ3) is 4.65. The van der Waals surface area contributed by atoms with Crippen LogP contribution in [0.4, 0.5) is 0 Å². The molecule has 1 aromatic rings. The topological polar surface area (TPSA) is 82.0 Å². The van der Waals surface area contributed by atoms with Crippen LogP contribution in [0, 0.1) is 0 Å². The lowest BCUT2D eigenvalue weighted by atomic mass is 10.8. The van der Waals surface area contributed by atoms with E-state index in [9.17, 15) is 8.42 Å². The van der Waals surface area contributed by atoms with Crippen LogP contribution in [0.2, 0.25) is 0 Å². The Labute approximate surface area is 107 Å². The number of hydrogen-bond acceptors (Lipinski definition) is 6. The van der Waals surface area contributed by atoms with Crippen LogP contribution in [0.5, 0.6) is 6.01 Å². The van der Waals surface area contributed by atoms with Gasteiger partial charge in [0.05, 0.1) is 0 Å². The highest BCUT2D eigenvalue weighted by atomic mass is 35.6. The summed E-state index contributed by atoms with van der Waals surface area (Å²) in [6.45, 7) is -0.301. The molecule has 0 spiro atoms. The molecule has 0 bridgehead atoms. The maximum atomic E-state index is 11.1. The standard InChI is InChI=1S/C6H6Cl3N3O3S/c1-16(13,14)5-11-3-10-4(12-5)15-2-6(7,8)9/h3H,2H2,1H3. The summed E-state index contributed by atoms with van der Waals surface area (Å²) in [4.78, 5) is 10.6. The molecule has 0 aliphatic rings. The molecule has 0 fully saturated rings. The number of hydrogen-bond donors (Lipinski definition) is 0. The molecule has 0 aliphatic heterocycles. The fraction of sp³-hybridized carbons (Fsp3) is 0.500. The maximum absolute atomic E-state index is 11.1. The van der Waals surface area contributed by atoms with Crippen molar-refractivity contribution < 1.29 is 13.2 Å². The van der Waals surface area contributed by atoms with E-state index in [0.717, 1.165) is 12.6 Å². The normalized spacial score (nSPS) is 12.5. The monoisotopic (exact) mass is 305 g/mol. The van der Waals surface area contributed by atoms with Crippen molar-refractivity contribution >= 4 is 44.6 Å². The van der Waals surface area contributed by atoms with Gasteiger partial charge in [0.25, 0.3) is 5.16 Å². The largest absolute Gasteiger partial charge is 0.459 e. The van der Waals surface area contributed by atoms with E-state index in [0.29, 0.717) is 0 Å². The van der Waals surface area contributed by atoms with E-state index in [4.69, 9.17) is 39.5 Å². The van der Waals surface area contributed by atoms with Gasteiger partial charge < -0.3 is 4.74 Å². The van der Waals surface area contributed by atoms with Crippen molar-refractivity contribution in [3.8, 4) is 6.01 Å². The summed E-state index contributed by atoms with van der Waals surface area (Å²) in [7, 11) is -3.52. The van der Waals surface area contributed by atoms with E-state index in [-0.39, 0.29) is 12.6 Å². The van der Waals surface area contributed by atoms with Crippen LogP contribution in [0.1, 0.15) is 0 Å². The minimum Gasteiger partial charge on any atom is -0.459 e. The van der Waals surface area contributed by atoms with E-state index >= 15 is 0 Å². The second-order valence-electron chi connectivity index (χ2n) is 2.73. The summed E-state index contributed by atoms with van der Waals surface area (Å²) in [5.74, 6) is 0. The van der Waals surface area contributed by atoms with E-state index < -0.39 is 18.8 Å². The Bertz CT molecular complexity index is 473.